The average molecular weight is 431 g/mol. The Kier molecular flexibility index (Phi) is 6.89. The van der Waals surface area contributed by atoms with Gasteiger partial charge in [-0.3, -0.25) is 9.59 Å². The summed E-state index contributed by atoms with van der Waals surface area (Å²) in [6.07, 6.45) is 2.68. The smallest absolute Gasteiger partial charge is 0.307 e. The van der Waals surface area contributed by atoms with E-state index in [2.05, 4.69) is 5.32 Å². The van der Waals surface area contributed by atoms with Gasteiger partial charge >= 0.3 is 5.97 Å². The van der Waals surface area contributed by atoms with Crippen molar-refractivity contribution in [2.24, 2.45) is 11.8 Å². The molecular formula is C22H26N2O5S. The third-order valence-corrected chi connectivity index (χ3v) is 7.32. The van der Waals surface area contributed by atoms with Gasteiger partial charge in [0.2, 0.25) is 15.9 Å². The summed E-state index contributed by atoms with van der Waals surface area (Å²) >= 11 is 0. The van der Waals surface area contributed by atoms with Crippen LogP contribution in [0, 0.1) is 11.8 Å². The third-order valence-electron chi connectivity index (χ3n) is 5.50. The Morgan fingerprint density at radius 1 is 1.00 bits per heavy atom. The first kappa shape index (κ1) is 22.0. The van der Waals surface area contributed by atoms with Crippen molar-refractivity contribution < 1.29 is 23.1 Å². The number of hydrogen-bond donors (Lipinski definition) is 2. The molecule has 2 aromatic carbocycles. The van der Waals surface area contributed by atoms with E-state index in [0.29, 0.717) is 18.5 Å². The van der Waals surface area contributed by atoms with Crippen LogP contribution >= 0.6 is 0 Å². The molecule has 2 aromatic rings. The minimum atomic E-state index is -3.68. The van der Waals surface area contributed by atoms with Gasteiger partial charge in [0.25, 0.3) is 0 Å². The predicted molar refractivity (Wildman–Crippen MR) is 113 cm³/mol. The third kappa shape index (κ3) is 5.06. The number of carbonyl (C=O) groups excluding carboxylic acids is 1. The molecule has 160 valence electrons. The lowest BCUT2D eigenvalue weighted by Crippen LogP contribution is -2.36. The Balaban J connectivity index is 1.68. The topological polar surface area (TPSA) is 104 Å². The van der Waals surface area contributed by atoms with Gasteiger partial charge in [0.05, 0.1) is 16.7 Å². The monoisotopic (exact) mass is 430 g/mol. The molecule has 2 atom stereocenters. The fourth-order valence-electron chi connectivity index (χ4n) is 3.79. The molecule has 0 aromatic heterocycles. The van der Waals surface area contributed by atoms with Gasteiger partial charge in [-0.1, -0.05) is 43.2 Å². The van der Waals surface area contributed by atoms with Gasteiger partial charge in [-0.2, -0.15) is 4.31 Å². The molecule has 0 unspecified atom stereocenters. The largest absolute Gasteiger partial charge is 0.481 e. The minimum Gasteiger partial charge on any atom is -0.481 e. The van der Waals surface area contributed by atoms with E-state index in [-0.39, 0.29) is 17.3 Å². The molecule has 3 rings (SSSR count). The van der Waals surface area contributed by atoms with Crippen molar-refractivity contribution in [3.8, 4) is 0 Å². The first-order valence-electron chi connectivity index (χ1n) is 9.93. The molecular weight excluding hydrogens is 404 g/mol. The van der Waals surface area contributed by atoms with E-state index in [1.54, 1.807) is 0 Å². The predicted octanol–water partition coefficient (Wildman–Crippen LogP) is 3.34. The van der Waals surface area contributed by atoms with Crippen molar-refractivity contribution in [2.75, 3.05) is 12.4 Å². The van der Waals surface area contributed by atoms with Crippen molar-refractivity contribution in [1.82, 2.24) is 4.31 Å². The number of rotatable bonds is 7. The lowest BCUT2D eigenvalue weighted by atomic mass is 9.78. The zero-order valence-corrected chi connectivity index (χ0v) is 17.6. The van der Waals surface area contributed by atoms with Crippen LogP contribution in [0.3, 0.4) is 0 Å². The van der Waals surface area contributed by atoms with Gasteiger partial charge in [-0.15, -0.1) is 0 Å². The van der Waals surface area contributed by atoms with Crippen LogP contribution in [0.1, 0.15) is 31.2 Å². The molecule has 1 amide bonds. The van der Waals surface area contributed by atoms with Gasteiger partial charge in [0.1, 0.15) is 0 Å². The van der Waals surface area contributed by atoms with E-state index in [9.17, 15) is 23.1 Å². The van der Waals surface area contributed by atoms with Gasteiger partial charge in [-0.05, 0) is 42.7 Å². The summed E-state index contributed by atoms with van der Waals surface area (Å²) in [5, 5.41) is 12.1. The number of carboxylic acid groups (broad SMARTS) is 1. The maximum atomic E-state index is 12.8. The normalized spacial score (nSPS) is 19.4. The minimum absolute atomic E-state index is 0.125. The summed E-state index contributed by atoms with van der Waals surface area (Å²) in [4.78, 5) is 24.1. The number of hydrogen-bond acceptors (Lipinski definition) is 4. The molecule has 8 heteroatoms. The van der Waals surface area contributed by atoms with Gasteiger partial charge in [0.15, 0.2) is 0 Å². The van der Waals surface area contributed by atoms with Crippen LogP contribution in [-0.4, -0.2) is 36.8 Å². The molecule has 1 saturated carbocycles. The molecule has 0 saturated heterocycles. The van der Waals surface area contributed by atoms with E-state index in [4.69, 9.17) is 0 Å². The number of nitrogens with one attached hydrogen (secondary N) is 1. The summed E-state index contributed by atoms with van der Waals surface area (Å²) in [6.45, 7) is 0.250. The van der Waals surface area contributed by atoms with E-state index < -0.39 is 27.8 Å². The number of aliphatic carboxylic acids is 1. The summed E-state index contributed by atoms with van der Waals surface area (Å²) in [5.74, 6) is -2.53. The fourth-order valence-corrected chi connectivity index (χ4v) is 4.95. The zero-order valence-electron chi connectivity index (χ0n) is 16.8. The SMILES string of the molecule is CN(Cc1ccccc1)S(=O)(=O)c1ccc(NC(=O)[C@H]2CCCC[C@@H]2C(=O)O)cc1. The summed E-state index contributed by atoms with van der Waals surface area (Å²) in [6, 6.07) is 15.3. The second-order valence-electron chi connectivity index (χ2n) is 7.60. The highest BCUT2D eigenvalue weighted by molar-refractivity contribution is 7.89. The van der Waals surface area contributed by atoms with Gasteiger partial charge in [0, 0.05) is 19.3 Å². The van der Waals surface area contributed by atoms with Crippen LogP contribution in [0.25, 0.3) is 0 Å². The van der Waals surface area contributed by atoms with Crippen LogP contribution in [0.15, 0.2) is 59.5 Å². The summed E-state index contributed by atoms with van der Waals surface area (Å²) in [5.41, 5.74) is 1.33. The molecule has 2 N–H and O–H groups in total. The Labute approximate surface area is 176 Å². The standard InChI is InChI=1S/C22H26N2O5S/c1-24(15-16-7-3-2-4-8-16)30(28,29)18-13-11-17(12-14-18)23-21(25)19-9-5-6-10-20(19)22(26)27/h2-4,7-8,11-14,19-20H,5-6,9-10,15H2,1H3,(H,23,25)(H,26,27)/t19-,20-/m0/s1. The highest BCUT2D eigenvalue weighted by atomic mass is 32.2. The molecule has 0 bridgehead atoms. The molecule has 7 nitrogen and oxygen atoms in total. The van der Waals surface area contributed by atoms with Crippen molar-refractivity contribution in [1.29, 1.82) is 0 Å². The summed E-state index contributed by atoms with van der Waals surface area (Å²) in [7, 11) is -2.16. The Morgan fingerprint density at radius 2 is 1.60 bits per heavy atom. The molecule has 30 heavy (non-hydrogen) atoms. The Bertz CT molecular complexity index is 990. The number of amides is 1. The molecule has 0 radical (unpaired) electrons. The Hall–Kier alpha value is -2.71. The molecule has 1 fully saturated rings. The van der Waals surface area contributed by atoms with Crippen LogP contribution in [0.2, 0.25) is 0 Å². The first-order chi connectivity index (χ1) is 14.3. The average Bonchev–Trinajstić information content (AvgIpc) is 2.74. The first-order valence-corrected chi connectivity index (χ1v) is 11.4. The molecule has 1 aliphatic rings. The van der Waals surface area contributed by atoms with Crippen molar-refractivity contribution >= 4 is 27.6 Å². The molecule has 0 heterocycles. The van der Waals surface area contributed by atoms with Crippen molar-refractivity contribution in [3.05, 3.63) is 60.2 Å². The fraction of sp³-hybridized carbons (Fsp3) is 0.364. The maximum Gasteiger partial charge on any atom is 0.307 e. The zero-order chi connectivity index (χ0) is 21.7. The number of nitrogens with zero attached hydrogens (tertiary/aromatic N) is 1. The lowest BCUT2D eigenvalue weighted by molar-refractivity contribution is -0.147. The van der Waals surface area contributed by atoms with E-state index >= 15 is 0 Å². The number of anilines is 1. The molecule has 1 aliphatic carbocycles. The van der Waals surface area contributed by atoms with Gasteiger partial charge < -0.3 is 10.4 Å². The lowest BCUT2D eigenvalue weighted by Gasteiger charge is -2.27. The second kappa shape index (κ2) is 9.40. The van der Waals surface area contributed by atoms with Crippen LogP contribution in [-0.2, 0) is 26.2 Å². The highest BCUT2D eigenvalue weighted by Crippen LogP contribution is 2.31. The molecule has 0 spiro atoms. The molecule has 0 aliphatic heterocycles. The number of carboxylic acids is 1. The van der Waals surface area contributed by atoms with Crippen molar-refractivity contribution in [3.63, 3.8) is 0 Å². The Morgan fingerprint density at radius 3 is 2.20 bits per heavy atom. The van der Waals surface area contributed by atoms with E-state index in [1.165, 1.54) is 35.6 Å². The number of carbonyl (C=O) groups is 2. The van der Waals surface area contributed by atoms with Gasteiger partial charge in [-0.25, -0.2) is 8.42 Å². The van der Waals surface area contributed by atoms with Crippen molar-refractivity contribution in [2.45, 2.75) is 37.1 Å². The van der Waals surface area contributed by atoms with E-state index in [1.807, 2.05) is 30.3 Å². The maximum absolute atomic E-state index is 12.8. The van der Waals surface area contributed by atoms with Crippen LogP contribution in [0.5, 0.6) is 0 Å². The number of benzene rings is 2. The number of sulfonamides is 1. The van der Waals surface area contributed by atoms with Crippen LogP contribution in [0.4, 0.5) is 5.69 Å². The summed E-state index contributed by atoms with van der Waals surface area (Å²) < 4.78 is 26.9. The highest BCUT2D eigenvalue weighted by Gasteiger charge is 2.35. The quantitative estimate of drug-likeness (QED) is 0.701. The van der Waals surface area contributed by atoms with E-state index in [0.717, 1.165) is 18.4 Å². The van der Waals surface area contributed by atoms with Crippen LogP contribution < -0.4 is 5.32 Å². The second-order valence-corrected chi connectivity index (χ2v) is 9.64.